The molecule has 0 aliphatic rings. The average molecular weight is 285 g/mol. The lowest BCUT2D eigenvalue weighted by Crippen LogP contribution is -1.95. The zero-order valence-electron chi connectivity index (χ0n) is 11.6. The molecule has 3 rings (SSSR count). The van der Waals surface area contributed by atoms with Gasteiger partial charge in [-0.05, 0) is 38.5 Å². The summed E-state index contributed by atoms with van der Waals surface area (Å²) in [6, 6.07) is 5.96. The number of rotatable bonds is 3. The van der Waals surface area contributed by atoms with Crippen LogP contribution < -0.4 is 5.32 Å². The first-order valence-corrected chi connectivity index (χ1v) is 7.23. The molecule has 0 aliphatic heterocycles. The van der Waals surface area contributed by atoms with E-state index < -0.39 is 0 Å². The number of nitrogens with one attached hydrogen (secondary N) is 1. The molecule has 0 fully saturated rings. The van der Waals surface area contributed by atoms with Crippen LogP contribution in [0.2, 0.25) is 0 Å². The third-order valence-electron chi connectivity index (χ3n) is 3.06. The molecule has 0 aromatic carbocycles. The van der Waals surface area contributed by atoms with Crippen LogP contribution >= 0.6 is 11.3 Å². The highest BCUT2D eigenvalue weighted by atomic mass is 32.1. The molecule has 3 heterocycles. The summed E-state index contributed by atoms with van der Waals surface area (Å²) in [6.07, 6.45) is 1.77. The zero-order chi connectivity index (χ0) is 14.1. The summed E-state index contributed by atoms with van der Waals surface area (Å²) in [6.45, 7) is 5.92. The van der Waals surface area contributed by atoms with Gasteiger partial charge in [0.2, 0.25) is 0 Å². The number of furan rings is 1. The van der Waals surface area contributed by atoms with Crippen molar-refractivity contribution in [3.63, 3.8) is 0 Å². The molecule has 0 aliphatic carbocycles. The highest BCUT2D eigenvalue weighted by Crippen LogP contribution is 2.30. The number of anilines is 2. The molecule has 0 atom stereocenters. The van der Waals surface area contributed by atoms with Crippen LogP contribution in [0.15, 0.2) is 34.2 Å². The monoisotopic (exact) mass is 285 g/mol. The van der Waals surface area contributed by atoms with Gasteiger partial charge in [0.1, 0.15) is 17.3 Å². The third kappa shape index (κ3) is 2.44. The van der Waals surface area contributed by atoms with Gasteiger partial charge in [-0.1, -0.05) is 6.07 Å². The number of thiazole rings is 1. The summed E-state index contributed by atoms with van der Waals surface area (Å²) in [5.41, 5.74) is 3.07. The van der Waals surface area contributed by atoms with Crippen molar-refractivity contribution in [1.29, 1.82) is 0 Å². The van der Waals surface area contributed by atoms with E-state index in [0.29, 0.717) is 0 Å². The highest BCUT2D eigenvalue weighted by Gasteiger charge is 2.11. The Morgan fingerprint density at radius 2 is 2.10 bits per heavy atom. The molecule has 20 heavy (non-hydrogen) atoms. The van der Waals surface area contributed by atoms with Crippen molar-refractivity contribution in [3.05, 3.63) is 46.9 Å². The smallest absolute Gasteiger partial charge is 0.188 e. The van der Waals surface area contributed by atoms with Gasteiger partial charge in [0.25, 0.3) is 0 Å². The Bertz CT molecular complexity index is 745. The van der Waals surface area contributed by atoms with Gasteiger partial charge in [-0.25, -0.2) is 9.97 Å². The van der Waals surface area contributed by atoms with E-state index in [1.54, 1.807) is 17.5 Å². The van der Waals surface area contributed by atoms with E-state index >= 15 is 0 Å². The maximum atomic E-state index is 5.55. The van der Waals surface area contributed by atoms with E-state index in [2.05, 4.69) is 15.3 Å². The number of aryl methyl sites for hydroxylation is 3. The van der Waals surface area contributed by atoms with Gasteiger partial charge in [-0.15, -0.1) is 11.3 Å². The molecule has 0 saturated heterocycles. The molecule has 0 unspecified atom stereocenters. The van der Waals surface area contributed by atoms with Crippen LogP contribution in [0.5, 0.6) is 0 Å². The van der Waals surface area contributed by atoms with E-state index in [4.69, 9.17) is 4.42 Å². The molecule has 1 N–H and O–H groups in total. The van der Waals surface area contributed by atoms with Gasteiger partial charge in [0, 0.05) is 17.1 Å². The molecular weight excluding hydrogens is 270 g/mol. The molecular formula is C15H15N3OS. The minimum absolute atomic E-state index is 0.833. The second kappa shape index (κ2) is 5.09. The first-order chi connectivity index (χ1) is 9.63. The standard InChI is InChI=1S/C15H15N3OS/c1-9-5-4-6-16-14(9)18-15-17-13(8-20-15)12-7-10(2)19-11(12)3/h4-8H,1-3H3,(H,16,17,18). The van der Waals surface area contributed by atoms with E-state index in [-0.39, 0.29) is 0 Å². The van der Waals surface area contributed by atoms with Crippen LogP contribution in [0.1, 0.15) is 17.1 Å². The summed E-state index contributed by atoms with van der Waals surface area (Å²) in [4.78, 5) is 8.91. The Morgan fingerprint density at radius 3 is 2.80 bits per heavy atom. The molecule has 102 valence electrons. The lowest BCUT2D eigenvalue weighted by atomic mass is 10.2. The Balaban J connectivity index is 1.88. The van der Waals surface area contributed by atoms with Crippen LogP contribution in [-0.2, 0) is 0 Å². The van der Waals surface area contributed by atoms with Crippen LogP contribution in [0.3, 0.4) is 0 Å². The molecule has 5 heteroatoms. The minimum Gasteiger partial charge on any atom is -0.466 e. The van der Waals surface area contributed by atoms with E-state index in [1.807, 2.05) is 44.4 Å². The van der Waals surface area contributed by atoms with Gasteiger partial charge in [0.05, 0.1) is 5.69 Å². The second-order valence-corrected chi connectivity index (χ2v) is 5.52. The summed E-state index contributed by atoms with van der Waals surface area (Å²) >= 11 is 1.56. The second-order valence-electron chi connectivity index (χ2n) is 4.66. The lowest BCUT2D eigenvalue weighted by Gasteiger charge is -2.03. The van der Waals surface area contributed by atoms with Crippen LogP contribution in [0.25, 0.3) is 11.3 Å². The van der Waals surface area contributed by atoms with Crippen molar-refractivity contribution in [1.82, 2.24) is 9.97 Å². The number of pyridine rings is 1. The summed E-state index contributed by atoms with van der Waals surface area (Å²) in [5, 5.41) is 6.11. The van der Waals surface area contributed by atoms with Crippen molar-refractivity contribution in [3.8, 4) is 11.3 Å². The molecule has 0 amide bonds. The summed E-state index contributed by atoms with van der Waals surface area (Å²) < 4.78 is 5.55. The topological polar surface area (TPSA) is 51.0 Å². The van der Waals surface area contributed by atoms with Crippen LogP contribution in [-0.4, -0.2) is 9.97 Å². The largest absolute Gasteiger partial charge is 0.466 e. The van der Waals surface area contributed by atoms with E-state index in [0.717, 1.165) is 39.3 Å². The molecule has 0 spiro atoms. The number of nitrogens with zero attached hydrogens (tertiary/aromatic N) is 2. The van der Waals surface area contributed by atoms with Gasteiger partial charge < -0.3 is 9.73 Å². The van der Waals surface area contributed by atoms with E-state index in [9.17, 15) is 0 Å². The van der Waals surface area contributed by atoms with Crippen molar-refractivity contribution in [2.75, 3.05) is 5.32 Å². The maximum absolute atomic E-state index is 5.55. The fourth-order valence-corrected chi connectivity index (χ4v) is 2.77. The fraction of sp³-hybridized carbons (Fsp3) is 0.200. The molecule has 3 aromatic rings. The van der Waals surface area contributed by atoms with Crippen molar-refractivity contribution in [2.24, 2.45) is 0 Å². The normalized spacial score (nSPS) is 10.8. The first kappa shape index (κ1) is 12.9. The van der Waals surface area contributed by atoms with Crippen LogP contribution in [0.4, 0.5) is 10.9 Å². The Kier molecular flexibility index (Phi) is 3.28. The zero-order valence-corrected chi connectivity index (χ0v) is 12.4. The molecule has 0 saturated carbocycles. The van der Waals surface area contributed by atoms with Crippen molar-refractivity contribution >= 4 is 22.3 Å². The van der Waals surface area contributed by atoms with Crippen molar-refractivity contribution < 1.29 is 4.42 Å². The quantitative estimate of drug-likeness (QED) is 0.771. The van der Waals surface area contributed by atoms with Crippen LogP contribution in [0, 0.1) is 20.8 Å². The predicted molar refractivity (Wildman–Crippen MR) is 81.5 cm³/mol. The number of hydrogen-bond acceptors (Lipinski definition) is 5. The van der Waals surface area contributed by atoms with Gasteiger partial charge in [-0.3, -0.25) is 0 Å². The Hall–Kier alpha value is -2.14. The highest BCUT2D eigenvalue weighted by molar-refractivity contribution is 7.14. The lowest BCUT2D eigenvalue weighted by molar-refractivity contribution is 0.505. The molecule has 0 radical (unpaired) electrons. The van der Waals surface area contributed by atoms with Crippen molar-refractivity contribution in [2.45, 2.75) is 20.8 Å². The third-order valence-corrected chi connectivity index (χ3v) is 3.81. The number of hydrogen-bond donors (Lipinski definition) is 1. The Morgan fingerprint density at radius 1 is 1.25 bits per heavy atom. The minimum atomic E-state index is 0.833. The predicted octanol–water partition coefficient (Wildman–Crippen LogP) is 4.47. The molecule has 3 aromatic heterocycles. The first-order valence-electron chi connectivity index (χ1n) is 6.35. The SMILES string of the molecule is Cc1cc(-c2csc(Nc3ncccc3C)n2)c(C)o1. The summed E-state index contributed by atoms with van der Waals surface area (Å²) in [5.74, 6) is 2.64. The fourth-order valence-electron chi connectivity index (χ4n) is 2.06. The average Bonchev–Trinajstić information content (AvgIpc) is 2.99. The number of aromatic nitrogens is 2. The van der Waals surface area contributed by atoms with Gasteiger partial charge in [-0.2, -0.15) is 0 Å². The van der Waals surface area contributed by atoms with E-state index in [1.165, 1.54) is 0 Å². The summed E-state index contributed by atoms with van der Waals surface area (Å²) in [7, 11) is 0. The molecule has 0 bridgehead atoms. The van der Waals surface area contributed by atoms with Gasteiger partial charge >= 0.3 is 0 Å². The van der Waals surface area contributed by atoms with Gasteiger partial charge in [0.15, 0.2) is 5.13 Å². The maximum Gasteiger partial charge on any atom is 0.188 e. The molecule has 4 nitrogen and oxygen atoms in total. The Labute approximate surface area is 121 Å².